The number of hydrogen-bond donors (Lipinski definition) is 2. The zero-order valence-electron chi connectivity index (χ0n) is 7.51. The molecule has 1 fully saturated rings. The Balaban J connectivity index is 1.98. The molecule has 14 heavy (non-hydrogen) atoms. The van der Waals surface area contributed by atoms with E-state index in [0.717, 1.165) is 12.8 Å². The van der Waals surface area contributed by atoms with E-state index in [9.17, 15) is 4.79 Å². The van der Waals surface area contributed by atoms with Gasteiger partial charge in [-0.3, -0.25) is 0 Å². The van der Waals surface area contributed by atoms with Crippen LogP contribution >= 0.6 is 0 Å². The summed E-state index contributed by atoms with van der Waals surface area (Å²) in [6.45, 7) is 0. The molecule has 0 radical (unpaired) electrons. The monoisotopic (exact) mass is 197 g/mol. The van der Waals surface area contributed by atoms with Gasteiger partial charge >= 0.3 is 5.97 Å². The van der Waals surface area contributed by atoms with Crippen LogP contribution in [0.25, 0.3) is 0 Å². The Labute approximate surface area is 80.1 Å². The molecule has 1 aromatic rings. The maximum absolute atomic E-state index is 10.4. The molecule has 0 amide bonds. The summed E-state index contributed by atoms with van der Waals surface area (Å²) in [5.74, 6) is -0.639. The zero-order valence-corrected chi connectivity index (χ0v) is 7.51. The molecule has 6 heteroatoms. The number of carbonyl (C=O) groups is 1. The lowest BCUT2D eigenvalue weighted by Gasteiger charge is -2.04. The normalized spacial score (nSPS) is 18.1. The lowest BCUT2D eigenvalue weighted by atomic mass is 10.1. The minimum absolute atomic E-state index is 0.0112. The van der Waals surface area contributed by atoms with E-state index < -0.39 is 5.97 Å². The molecular weight excluding hydrogens is 186 g/mol. The van der Waals surface area contributed by atoms with Gasteiger partial charge in [0.25, 0.3) is 5.82 Å². The first-order valence-electron chi connectivity index (χ1n) is 4.48. The molecule has 1 heterocycles. The van der Waals surface area contributed by atoms with Crippen LogP contribution in [0.2, 0.25) is 0 Å². The van der Waals surface area contributed by atoms with Crippen molar-refractivity contribution in [1.29, 1.82) is 0 Å². The Bertz CT molecular complexity index is 345. The second kappa shape index (κ2) is 3.38. The second-order valence-electron chi connectivity index (χ2n) is 3.52. The van der Waals surface area contributed by atoms with Crippen LogP contribution in [0.15, 0.2) is 4.52 Å². The van der Waals surface area contributed by atoms with Crippen LogP contribution in [0.4, 0.5) is 0 Å². The van der Waals surface area contributed by atoms with Gasteiger partial charge in [-0.05, 0) is 23.9 Å². The van der Waals surface area contributed by atoms with Gasteiger partial charge in [0.05, 0.1) is 0 Å². The van der Waals surface area contributed by atoms with Gasteiger partial charge < -0.3 is 15.4 Å². The highest BCUT2D eigenvalue weighted by molar-refractivity contribution is 5.82. The average molecular weight is 197 g/mol. The van der Waals surface area contributed by atoms with Gasteiger partial charge in [-0.1, -0.05) is 0 Å². The number of hydrogen-bond acceptors (Lipinski definition) is 5. The highest BCUT2D eigenvalue weighted by Crippen LogP contribution is 2.32. The van der Waals surface area contributed by atoms with Gasteiger partial charge in [0.1, 0.15) is 0 Å². The quantitative estimate of drug-likeness (QED) is 0.706. The maximum atomic E-state index is 10.4. The molecule has 1 aromatic heterocycles. The molecule has 0 aliphatic heterocycles. The Morgan fingerprint density at radius 1 is 1.71 bits per heavy atom. The Morgan fingerprint density at radius 3 is 2.93 bits per heavy atom. The van der Waals surface area contributed by atoms with Crippen molar-refractivity contribution in [3.63, 3.8) is 0 Å². The molecule has 1 saturated carbocycles. The molecule has 1 aliphatic rings. The molecule has 2 rings (SSSR count). The van der Waals surface area contributed by atoms with Crippen LogP contribution in [-0.4, -0.2) is 27.3 Å². The SMILES string of the molecule is NC(Cc1nc(C(=O)O)no1)C1CC1. The van der Waals surface area contributed by atoms with E-state index in [1.165, 1.54) is 0 Å². The highest BCUT2D eigenvalue weighted by Gasteiger charge is 2.30. The standard InChI is InChI=1S/C8H11N3O3/c9-5(4-1-2-4)3-6-10-7(8(12)13)11-14-6/h4-5H,1-3,9H2,(H,12,13). The Kier molecular flexibility index (Phi) is 2.20. The molecular formula is C8H11N3O3. The van der Waals surface area contributed by atoms with Crippen molar-refractivity contribution in [2.45, 2.75) is 25.3 Å². The lowest BCUT2D eigenvalue weighted by molar-refractivity contribution is 0.0680. The fraction of sp³-hybridized carbons (Fsp3) is 0.625. The molecule has 1 atom stereocenters. The van der Waals surface area contributed by atoms with Gasteiger partial charge in [-0.2, -0.15) is 4.98 Å². The van der Waals surface area contributed by atoms with Crippen molar-refractivity contribution >= 4 is 5.97 Å². The van der Waals surface area contributed by atoms with E-state index in [1.807, 2.05) is 0 Å². The minimum Gasteiger partial charge on any atom is -0.475 e. The zero-order chi connectivity index (χ0) is 10.1. The van der Waals surface area contributed by atoms with Gasteiger partial charge in [-0.15, -0.1) is 0 Å². The van der Waals surface area contributed by atoms with E-state index >= 15 is 0 Å². The van der Waals surface area contributed by atoms with Gasteiger partial charge in [-0.25, -0.2) is 4.79 Å². The van der Waals surface area contributed by atoms with E-state index in [-0.39, 0.29) is 11.9 Å². The summed E-state index contributed by atoms with van der Waals surface area (Å²) in [6, 6.07) is 0.0112. The molecule has 0 saturated heterocycles. The lowest BCUT2D eigenvalue weighted by Crippen LogP contribution is -2.25. The smallest absolute Gasteiger partial charge is 0.377 e. The predicted octanol–water partition coefficient (Wildman–Crippen LogP) is 0.0476. The van der Waals surface area contributed by atoms with Crippen LogP contribution in [0, 0.1) is 5.92 Å². The number of nitrogens with two attached hydrogens (primary N) is 1. The summed E-state index contributed by atoms with van der Waals surface area (Å²) in [5, 5.41) is 11.8. The summed E-state index contributed by atoms with van der Waals surface area (Å²) in [4.78, 5) is 14.1. The number of aromatic carboxylic acids is 1. The number of rotatable bonds is 4. The molecule has 1 aliphatic carbocycles. The van der Waals surface area contributed by atoms with E-state index in [4.69, 9.17) is 15.4 Å². The fourth-order valence-electron chi connectivity index (χ4n) is 1.32. The fourth-order valence-corrected chi connectivity index (χ4v) is 1.32. The van der Waals surface area contributed by atoms with Crippen molar-refractivity contribution in [2.24, 2.45) is 11.7 Å². The third-order valence-corrected chi connectivity index (χ3v) is 2.30. The summed E-state index contributed by atoms with van der Waals surface area (Å²) in [6.07, 6.45) is 2.74. The molecule has 3 N–H and O–H groups in total. The van der Waals surface area contributed by atoms with E-state index in [2.05, 4.69) is 10.1 Å². The van der Waals surface area contributed by atoms with Gasteiger partial charge in [0.15, 0.2) is 0 Å². The Hall–Kier alpha value is -1.43. The van der Waals surface area contributed by atoms with Crippen LogP contribution < -0.4 is 5.73 Å². The van der Waals surface area contributed by atoms with Crippen molar-refractivity contribution in [1.82, 2.24) is 10.1 Å². The van der Waals surface area contributed by atoms with Crippen molar-refractivity contribution in [2.75, 3.05) is 0 Å². The number of nitrogens with zero attached hydrogens (tertiary/aromatic N) is 2. The minimum atomic E-state index is -1.18. The first kappa shape index (κ1) is 9.14. The number of carboxylic acid groups (broad SMARTS) is 1. The topological polar surface area (TPSA) is 102 Å². The first-order valence-corrected chi connectivity index (χ1v) is 4.48. The van der Waals surface area contributed by atoms with Crippen LogP contribution in [-0.2, 0) is 6.42 Å². The second-order valence-corrected chi connectivity index (χ2v) is 3.52. The summed E-state index contributed by atoms with van der Waals surface area (Å²) < 4.78 is 4.75. The molecule has 1 unspecified atom stereocenters. The van der Waals surface area contributed by atoms with Gasteiger partial charge in [0.2, 0.25) is 5.89 Å². The Morgan fingerprint density at radius 2 is 2.43 bits per heavy atom. The predicted molar refractivity (Wildman–Crippen MR) is 45.7 cm³/mol. The van der Waals surface area contributed by atoms with Crippen molar-refractivity contribution in [3.8, 4) is 0 Å². The molecule has 0 spiro atoms. The summed E-state index contributed by atoms with van der Waals surface area (Å²) >= 11 is 0. The molecule has 0 aromatic carbocycles. The number of aromatic nitrogens is 2. The first-order chi connectivity index (χ1) is 6.66. The average Bonchev–Trinajstić information content (AvgIpc) is 2.87. The summed E-state index contributed by atoms with van der Waals surface area (Å²) in [5.41, 5.74) is 5.82. The molecule has 6 nitrogen and oxygen atoms in total. The number of carboxylic acids is 1. The van der Waals surface area contributed by atoms with Crippen LogP contribution in [0.1, 0.15) is 29.4 Å². The van der Waals surface area contributed by atoms with E-state index in [0.29, 0.717) is 18.2 Å². The van der Waals surface area contributed by atoms with Gasteiger partial charge in [0, 0.05) is 12.5 Å². The maximum Gasteiger partial charge on any atom is 0.377 e. The van der Waals surface area contributed by atoms with Crippen LogP contribution in [0.3, 0.4) is 0 Å². The molecule has 0 bridgehead atoms. The third-order valence-electron chi connectivity index (χ3n) is 2.30. The highest BCUT2D eigenvalue weighted by atomic mass is 16.5. The van der Waals surface area contributed by atoms with Crippen molar-refractivity contribution in [3.05, 3.63) is 11.7 Å². The largest absolute Gasteiger partial charge is 0.475 e. The van der Waals surface area contributed by atoms with Crippen LogP contribution in [0.5, 0.6) is 0 Å². The summed E-state index contributed by atoms with van der Waals surface area (Å²) in [7, 11) is 0. The third kappa shape index (κ3) is 1.90. The van der Waals surface area contributed by atoms with Crippen molar-refractivity contribution < 1.29 is 14.4 Å². The molecule has 76 valence electrons. The van der Waals surface area contributed by atoms with E-state index in [1.54, 1.807) is 0 Å².